The second-order valence-electron chi connectivity index (χ2n) is 8.20. The predicted molar refractivity (Wildman–Crippen MR) is 120 cm³/mol. The minimum absolute atomic E-state index is 0.0412. The zero-order valence-electron chi connectivity index (χ0n) is 16.9. The van der Waals surface area contributed by atoms with Gasteiger partial charge in [0.15, 0.2) is 0 Å². The highest BCUT2D eigenvalue weighted by molar-refractivity contribution is 6.07. The van der Waals surface area contributed by atoms with Crippen molar-refractivity contribution in [3.05, 3.63) is 95.1 Å². The number of hydrogen-bond acceptors (Lipinski definition) is 2. The first-order valence-corrected chi connectivity index (χ1v) is 10.00. The molecule has 0 heterocycles. The lowest BCUT2D eigenvalue weighted by atomic mass is 9.89. The molecule has 3 heteroatoms. The number of aryl methyl sites for hydroxylation is 1. The molecule has 0 bridgehead atoms. The van der Waals surface area contributed by atoms with Crippen molar-refractivity contribution in [3.63, 3.8) is 0 Å². The van der Waals surface area contributed by atoms with Gasteiger partial charge in [-0.1, -0.05) is 54.6 Å². The van der Waals surface area contributed by atoms with E-state index in [0.29, 0.717) is 0 Å². The molecule has 4 rings (SSSR count). The fourth-order valence-electron chi connectivity index (χ4n) is 3.67. The number of hydrogen-bond donors (Lipinski definition) is 2. The smallest absolute Gasteiger partial charge is 0.251 e. The number of nitrogens with two attached hydrogens (primary N) is 1. The average molecular weight is 383 g/mol. The number of rotatable bonds is 4. The van der Waals surface area contributed by atoms with Crippen molar-refractivity contribution in [1.82, 2.24) is 0 Å². The van der Waals surface area contributed by atoms with Gasteiger partial charge < -0.3 is 11.1 Å². The molecule has 29 heavy (non-hydrogen) atoms. The van der Waals surface area contributed by atoms with Crippen LogP contribution in [-0.4, -0.2) is 5.91 Å². The van der Waals surface area contributed by atoms with E-state index in [1.807, 2.05) is 62.4 Å². The van der Waals surface area contributed by atoms with Crippen molar-refractivity contribution in [2.75, 3.05) is 5.32 Å². The maximum absolute atomic E-state index is 12.8. The van der Waals surface area contributed by atoms with Gasteiger partial charge in [0.2, 0.25) is 0 Å². The van der Waals surface area contributed by atoms with Crippen LogP contribution in [0.25, 0.3) is 17.2 Å². The highest BCUT2D eigenvalue weighted by atomic mass is 16.1. The molecule has 0 saturated heterocycles. The highest BCUT2D eigenvalue weighted by Gasteiger charge is 2.18. The van der Waals surface area contributed by atoms with E-state index < -0.39 is 5.54 Å². The Morgan fingerprint density at radius 2 is 1.62 bits per heavy atom. The number of amides is 1. The second-order valence-corrected chi connectivity index (χ2v) is 8.20. The van der Waals surface area contributed by atoms with Crippen LogP contribution in [0.2, 0.25) is 0 Å². The van der Waals surface area contributed by atoms with Gasteiger partial charge in [0.1, 0.15) is 0 Å². The molecule has 3 nitrogen and oxygen atoms in total. The molecule has 3 aromatic rings. The van der Waals surface area contributed by atoms with E-state index >= 15 is 0 Å². The fourth-order valence-corrected chi connectivity index (χ4v) is 3.67. The Balaban J connectivity index is 1.54. The van der Waals surface area contributed by atoms with Gasteiger partial charge in [-0.15, -0.1) is 0 Å². The molecule has 0 fully saturated rings. The average Bonchev–Trinajstić information content (AvgIpc) is 2.73. The minimum Gasteiger partial charge on any atom is -0.322 e. The van der Waals surface area contributed by atoms with Gasteiger partial charge in [-0.3, -0.25) is 4.79 Å². The fraction of sp³-hybridized carbons (Fsp3) is 0.192. The molecule has 0 aliphatic heterocycles. The summed E-state index contributed by atoms with van der Waals surface area (Å²) in [5.41, 5.74) is 13.1. The Morgan fingerprint density at radius 3 is 2.31 bits per heavy atom. The molecule has 0 unspecified atom stereocenters. The number of carbonyl (C=O) groups excluding carboxylic acids is 1. The van der Waals surface area contributed by atoms with Crippen LogP contribution >= 0.6 is 0 Å². The minimum atomic E-state index is -0.394. The van der Waals surface area contributed by atoms with E-state index in [1.165, 1.54) is 16.7 Å². The Labute approximate surface area is 172 Å². The molecule has 1 aliphatic carbocycles. The SMILES string of the molecule is CC(C)(N)c1ccc(NC(=O)C2=Cc3cc(-c4ccccc4)ccc3CC2)cc1. The lowest BCUT2D eigenvalue weighted by Gasteiger charge is -2.20. The molecule has 1 aliphatic rings. The summed E-state index contributed by atoms with van der Waals surface area (Å²) in [7, 11) is 0. The second kappa shape index (κ2) is 7.69. The maximum atomic E-state index is 12.8. The molecule has 3 N–H and O–H groups in total. The van der Waals surface area contributed by atoms with Crippen LogP contribution in [0.15, 0.2) is 78.4 Å². The predicted octanol–water partition coefficient (Wildman–Crippen LogP) is 5.52. The summed E-state index contributed by atoms with van der Waals surface area (Å²) < 4.78 is 0. The summed E-state index contributed by atoms with van der Waals surface area (Å²) in [5, 5.41) is 3.02. The summed E-state index contributed by atoms with van der Waals surface area (Å²) in [4.78, 5) is 12.8. The van der Waals surface area contributed by atoms with Crippen LogP contribution in [-0.2, 0) is 16.8 Å². The van der Waals surface area contributed by atoms with Crippen LogP contribution in [0.5, 0.6) is 0 Å². The van der Waals surface area contributed by atoms with Gasteiger partial charge in [-0.2, -0.15) is 0 Å². The number of anilines is 1. The number of carbonyl (C=O) groups is 1. The summed E-state index contributed by atoms with van der Waals surface area (Å²) in [6.07, 6.45) is 3.65. The van der Waals surface area contributed by atoms with E-state index in [2.05, 4.69) is 35.6 Å². The molecule has 0 radical (unpaired) electrons. The van der Waals surface area contributed by atoms with Crippen molar-refractivity contribution >= 4 is 17.7 Å². The van der Waals surface area contributed by atoms with Gasteiger partial charge in [0.05, 0.1) is 0 Å². The number of nitrogens with one attached hydrogen (secondary N) is 1. The Morgan fingerprint density at radius 1 is 0.897 bits per heavy atom. The van der Waals surface area contributed by atoms with Gasteiger partial charge in [0.25, 0.3) is 5.91 Å². The zero-order valence-corrected chi connectivity index (χ0v) is 16.9. The van der Waals surface area contributed by atoms with Crippen molar-refractivity contribution in [2.45, 2.75) is 32.2 Å². The normalized spacial score (nSPS) is 13.4. The van der Waals surface area contributed by atoms with Gasteiger partial charge in [0, 0.05) is 16.8 Å². The van der Waals surface area contributed by atoms with Crippen LogP contribution in [0.4, 0.5) is 5.69 Å². The standard InChI is InChI=1S/C26H26N2O/c1-26(2,27)23-12-14-24(15-13-23)28-25(29)21-11-9-19-8-10-20(16-22(19)17-21)18-6-4-3-5-7-18/h3-8,10,12-17H,9,11,27H2,1-2H3,(H,28,29). The molecule has 1 amide bonds. The first-order valence-electron chi connectivity index (χ1n) is 10.00. The van der Waals surface area contributed by atoms with Gasteiger partial charge in [-0.05, 0) is 78.8 Å². The molecule has 0 atom stereocenters. The largest absolute Gasteiger partial charge is 0.322 e. The van der Waals surface area contributed by atoms with E-state index in [-0.39, 0.29) is 5.91 Å². The van der Waals surface area contributed by atoms with E-state index in [4.69, 9.17) is 5.73 Å². The summed E-state index contributed by atoms with van der Waals surface area (Å²) >= 11 is 0. The number of fused-ring (bicyclic) bond motifs is 1. The monoisotopic (exact) mass is 382 g/mol. The third kappa shape index (κ3) is 4.30. The van der Waals surface area contributed by atoms with Crippen LogP contribution in [0.1, 0.15) is 37.0 Å². The summed E-state index contributed by atoms with van der Waals surface area (Å²) in [5.74, 6) is -0.0412. The maximum Gasteiger partial charge on any atom is 0.251 e. The van der Waals surface area contributed by atoms with Crippen molar-refractivity contribution in [3.8, 4) is 11.1 Å². The first kappa shape index (κ1) is 19.2. The van der Waals surface area contributed by atoms with Crippen molar-refractivity contribution in [1.29, 1.82) is 0 Å². The molecule has 0 aromatic heterocycles. The lowest BCUT2D eigenvalue weighted by molar-refractivity contribution is -0.112. The summed E-state index contributed by atoms with van der Waals surface area (Å²) in [6.45, 7) is 3.93. The molecule has 3 aromatic carbocycles. The van der Waals surface area contributed by atoms with Gasteiger partial charge >= 0.3 is 0 Å². The molecule has 0 spiro atoms. The topological polar surface area (TPSA) is 55.1 Å². The van der Waals surface area contributed by atoms with E-state index in [0.717, 1.165) is 35.2 Å². The van der Waals surface area contributed by atoms with Crippen LogP contribution in [0.3, 0.4) is 0 Å². The molecule has 146 valence electrons. The Bertz CT molecular complexity index is 1060. The van der Waals surface area contributed by atoms with Crippen molar-refractivity contribution < 1.29 is 4.79 Å². The number of benzene rings is 3. The molecular weight excluding hydrogens is 356 g/mol. The van der Waals surface area contributed by atoms with Crippen molar-refractivity contribution in [2.24, 2.45) is 5.73 Å². The quantitative estimate of drug-likeness (QED) is 0.624. The zero-order chi connectivity index (χ0) is 20.4. The third-order valence-corrected chi connectivity index (χ3v) is 5.42. The molecular formula is C26H26N2O. The van der Waals surface area contributed by atoms with E-state index in [1.54, 1.807) is 0 Å². The third-order valence-electron chi connectivity index (χ3n) is 5.42. The van der Waals surface area contributed by atoms with Crippen LogP contribution in [0, 0.1) is 0 Å². The first-order chi connectivity index (χ1) is 13.9. The summed E-state index contributed by atoms with van der Waals surface area (Å²) in [6, 6.07) is 24.6. The van der Waals surface area contributed by atoms with Crippen LogP contribution < -0.4 is 11.1 Å². The van der Waals surface area contributed by atoms with E-state index in [9.17, 15) is 4.79 Å². The molecule has 0 saturated carbocycles. The Hall–Kier alpha value is -3.17. The Kier molecular flexibility index (Phi) is 5.08. The highest BCUT2D eigenvalue weighted by Crippen LogP contribution is 2.29. The lowest BCUT2D eigenvalue weighted by Crippen LogP contribution is -2.28. The van der Waals surface area contributed by atoms with Gasteiger partial charge in [-0.25, -0.2) is 0 Å².